The number of hydrogen-bond acceptors (Lipinski definition) is 5. The molecule has 3 aromatic heterocycles. The summed E-state index contributed by atoms with van der Waals surface area (Å²) >= 11 is 0. The standard InChI is InChI=1S/C21H15N7O2/c29-18(27-20-22-10-11-23-20)13-5-3-7-15-17(13)26-21(25-15)28-19(30)16-9-8-12-4-1-2-6-14(12)24-16/h1-11H,(H2,22,23,27,29)(H2,25,26,28,30). The third kappa shape index (κ3) is 3.24. The number of carbonyl (C=O) groups excluding carboxylic acids is 2. The highest BCUT2D eigenvalue weighted by Crippen LogP contribution is 2.20. The molecule has 0 aliphatic heterocycles. The van der Waals surface area contributed by atoms with Crippen molar-refractivity contribution in [3.8, 4) is 0 Å². The molecule has 0 saturated carbocycles. The smallest absolute Gasteiger partial charge is 0.276 e. The average molecular weight is 397 g/mol. The van der Waals surface area contributed by atoms with Crippen molar-refractivity contribution in [2.75, 3.05) is 10.6 Å². The lowest BCUT2D eigenvalue weighted by molar-refractivity contribution is 0.101. The van der Waals surface area contributed by atoms with Crippen LogP contribution in [0.5, 0.6) is 0 Å². The summed E-state index contributed by atoms with van der Waals surface area (Å²) in [6.07, 6.45) is 3.15. The summed E-state index contributed by atoms with van der Waals surface area (Å²) in [5, 5.41) is 6.33. The molecular formula is C21H15N7O2. The van der Waals surface area contributed by atoms with Crippen molar-refractivity contribution < 1.29 is 9.59 Å². The number of para-hydroxylation sites is 2. The molecule has 4 N–H and O–H groups in total. The van der Waals surface area contributed by atoms with Gasteiger partial charge in [-0.25, -0.2) is 15.0 Å². The average Bonchev–Trinajstić information content (AvgIpc) is 3.42. The minimum atomic E-state index is -0.401. The summed E-state index contributed by atoms with van der Waals surface area (Å²) in [5.74, 6) is -0.190. The highest BCUT2D eigenvalue weighted by atomic mass is 16.2. The number of hydrogen-bond donors (Lipinski definition) is 4. The zero-order valence-corrected chi connectivity index (χ0v) is 15.5. The molecule has 0 atom stereocenters. The van der Waals surface area contributed by atoms with Crippen molar-refractivity contribution in [3.05, 3.63) is 78.2 Å². The molecule has 0 aliphatic carbocycles. The van der Waals surface area contributed by atoms with Crippen LogP contribution in [-0.4, -0.2) is 36.7 Å². The highest BCUT2D eigenvalue weighted by molar-refractivity contribution is 6.11. The summed E-state index contributed by atoms with van der Waals surface area (Å²) in [6, 6.07) is 16.2. The number of anilines is 2. The third-order valence-electron chi connectivity index (χ3n) is 4.56. The molecule has 0 radical (unpaired) electrons. The fourth-order valence-electron chi connectivity index (χ4n) is 3.15. The molecule has 30 heavy (non-hydrogen) atoms. The fourth-order valence-corrected chi connectivity index (χ4v) is 3.15. The van der Waals surface area contributed by atoms with Crippen molar-refractivity contribution in [1.82, 2.24) is 24.9 Å². The number of aromatic amines is 2. The van der Waals surface area contributed by atoms with Gasteiger partial charge in [0.05, 0.1) is 22.1 Å². The summed E-state index contributed by atoms with van der Waals surface area (Å²) in [7, 11) is 0. The molecule has 5 aromatic rings. The van der Waals surface area contributed by atoms with E-state index in [0.29, 0.717) is 22.5 Å². The molecular weight excluding hydrogens is 382 g/mol. The second-order valence-electron chi connectivity index (χ2n) is 6.52. The lowest BCUT2D eigenvalue weighted by atomic mass is 10.2. The number of H-pyrrole nitrogens is 2. The Balaban J connectivity index is 1.42. The Morgan fingerprint density at radius 2 is 1.63 bits per heavy atom. The first-order valence-electron chi connectivity index (χ1n) is 9.14. The number of rotatable bonds is 4. The molecule has 2 amide bonds. The quantitative estimate of drug-likeness (QED) is 0.370. The Hall–Kier alpha value is -4.53. The van der Waals surface area contributed by atoms with E-state index >= 15 is 0 Å². The van der Waals surface area contributed by atoms with Gasteiger partial charge in [-0.2, -0.15) is 0 Å². The van der Waals surface area contributed by atoms with Gasteiger partial charge < -0.3 is 9.97 Å². The van der Waals surface area contributed by atoms with E-state index in [0.717, 1.165) is 10.9 Å². The predicted octanol–water partition coefficient (Wildman–Crippen LogP) is 3.34. The van der Waals surface area contributed by atoms with E-state index in [1.165, 1.54) is 0 Å². The number of imidazole rings is 2. The second-order valence-corrected chi connectivity index (χ2v) is 6.52. The van der Waals surface area contributed by atoms with Crippen LogP contribution in [-0.2, 0) is 0 Å². The van der Waals surface area contributed by atoms with Crippen LogP contribution in [0.2, 0.25) is 0 Å². The Bertz CT molecular complexity index is 1390. The number of nitrogens with one attached hydrogen (secondary N) is 4. The molecule has 5 rings (SSSR count). The van der Waals surface area contributed by atoms with Crippen LogP contribution in [0.3, 0.4) is 0 Å². The molecule has 9 nitrogen and oxygen atoms in total. The molecule has 0 fully saturated rings. The Labute approximate surface area is 169 Å². The number of fused-ring (bicyclic) bond motifs is 2. The first-order chi connectivity index (χ1) is 14.7. The van der Waals surface area contributed by atoms with E-state index in [1.807, 2.05) is 30.3 Å². The predicted molar refractivity (Wildman–Crippen MR) is 112 cm³/mol. The summed E-state index contributed by atoms with van der Waals surface area (Å²) in [4.78, 5) is 43.8. The van der Waals surface area contributed by atoms with Crippen molar-refractivity contribution >= 4 is 45.6 Å². The molecule has 0 unspecified atom stereocenters. The molecule has 0 spiro atoms. The highest BCUT2D eigenvalue weighted by Gasteiger charge is 2.16. The van der Waals surface area contributed by atoms with E-state index < -0.39 is 5.91 Å². The number of carbonyl (C=O) groups is 2. The zero-order chi connectivity index (χ0) is 20.5. The molecule has 0 saturated heterocycles. The summed E-state index contributed by atoms with van der Waals surface area (Å²) < 4.78 is 0. The molecule has 3 heterocycles. The molecule has 146 valence electrons. The summed E-state index contributed by atoms with van der Waals surface area (Å²) in [6.45, 7) is 0. The van der Waals surface area contributed by atoms with Crippen molar-refractivity contribution in [1.29, 1.82) is 0 Å². The number of pyridine rings is 1. The monoisotopic (exact) mass is 397 g/mol. The maximum Gasteiger partial charge on any atom is 0.276 e. The normalized spacial score (nSPS) is 10.9. The largest absolute Gasteiger partial charge is 0.331 e. The van der Waals surface area contributed by atoms with Crippen LogP contribution in [0, 0.1) is 0 Å². The van der Waals surface area contributed by atoms with Gasteiger partial charge in [-0.15, -0.1) is 0 Å². The van der Waals surface area contributed by atoms with Crippen LogP contribution < -0.4 is 10.6 Å². The number of amides is 2. The maximum absolute atomic E-state index is 12.6. The van der Waals surface area contributed by atoms with Gasteiger partial charge in [-0.3, -0.25) is 20.2 Å². The Kier molecular flexibility index (Phi) is 4.18. The van der Waals surface area contributed by atoms with Crippen molar-refractivity contribution in [3.63, 3.8) is 0 Å². The first-order valence-corrected chi connectivity index (χ1v) is 9.14. The number of aromatic nitrogens is 5. The molecule has 2 aromatic carbocycles. The van der Waals surface area contributed by atoms with Gasteiger partial charge in [0.2, 0.25) is 11.9 Å². The van der Waals surface area contributed by atoms with Gasteiger partial charge >= 0.3 is 0 Å². The Morgan fingerprint density at radius 3 is 2.50 bits per heavy atom. The van der Waals surface area contributed by atoms with Crippen LogP contribution in [0.4, 0.5) is 11.9 Å². The SMILES string of the molecule is O=C(Nc1nc2cccc(C(=O)Nc3ncc[nH]3)c2[nH]1)c1ccc2ccccc2n1. The van der Waals surface area contributed by atoms with Gasteiger partial charge in [0.25, 0.3) is 11.8 Å². The van der Waals surface area contributed by atoms with E-state index in [2.05, 4.69) is 35.6 Å². The van der Waals surface area contributed by atoms with Gasteiger partial charge in [-0.1, -0.05) is 30.3 Å². The van der Waals surface area contributed by atoms with Gasteiger partial charge in [0.15, 0.2) is 0 Å². The van der Waals surface area contributed by atoms with Crippen molar-refractivity contribution in [2.24, 2.45) is 0 Å². The second kappa shape index (κ2) is 7.13. The first kappa shape index (κ1) is 17.6. The minimum Gasteiger partial charge on any atom is -0.331 e. The lowest BCUT2D eigenvalue weighted by Gasteiger charge is -2.03. The number of nitrogens with zero attached hydrogens (tertiary/aromatic N) is 3. The molecule has 0 bridgehead atoms. The van der Waals surface area contributed by atoms with E-state index in [9.17, 15) is 9.59 Å². The van der Waals surface area contributed by atoms with E-state index in [-0.39, 0.29) is 17.5 Å². The third-order valence-corrected chi connectivity index (χ3v) is 4.56. The van der Waals surface area contributed by atoms with E-state index in [4.69, 9.17) is 0 Å². The van der Waals surface area contributed by atoms with Crippen LogP contribution in [0.15, 0.2) is 67.0 Å². The topological polar surface area (TPSA) is 128 Å². The van der Waals surface area contributed by atoms with Crippen LogP contribution in [0.25, 0.3) is 21.9 Å². The summed E-state index contributed by atoms with van der Waals surface area (Å²) in [5.41, 5.74) is 2.42. The van der Waals surface area contributed by atoms with Gasteiger partial charge in [0, 0.05) is 17.8 Å². The van der Waals surface area contributed by atoms with Crippen LogP contribution in [0.1, 0.15) is 20.8 Å². The fraction of sp³-hybridized carbons (Fsp3) is 0. The maximum atomic E-state index is 12.6. The van der Waals surface area contributed by atoms with Gasteiger partial charge in [-0.05, 0) is 24.3 Å². The van der Waals surface area contributed by atoms with Gasteiger partial charge in [0.1, 0.15) is 5.69 Å². The Morgan fingerprint density at radius 1 is 0.800 bits per heavy atom. The van der Waals surface area contributed by atoms with Crippen LogP contribution >= 0.6 is 0 Å². The molecule has 0 aliphatic rings. The van der Waals surface area contributed by atoms with Crippen molar-refractivity contribution in [2.45, 2.75) is 0 Å². The number of benzene rings is 2. The molecule has 9 heteroatoms. The minimum absolute atomic E-state index is 0.225. The lowest BCUT2D eigenvalue weighted by Crippen LogP contribution is -2.15. The van der Waals surface area contributed by atoms with E-state index in [1.54, 1.807) is 36.7 Å². The zero-order valence-electron chi connectivity index (χ0n) is 15.5.